The van der Waals surface area contributed by atoms with Crippen molar-refractivity contribution in [2.75, 3.05) is 13.1 Å². The summed E-state index contributed by atoms with van der Waals surface area (Å²) < 4.78 is 0.883. The van der Waals surface area contributed by atoms with Gasteiger partial charge in [0.2, 0.25) is 0 Å². The molecule has 0 atom stereocenters. The van der Waals surface area contributed by atoms with Gasteiger partial charge in [-0.25, -0.2) is 0 Å². The molecule has 1 fully saturated rings. The summed E-state index contributed by atoms with van der Waals surface area (Å²) in [4.78, 5) is 14.4. The van der Waals surface area contributed by atoms with E-state index in [1.807, 2.05) is 29.2 Å². The van der Waals surface area contributed by atoms with Crippen molar-refractivity contribution in [2.24, 2.45) is 5.41 Å². The van der Waals surface area contributed by atoms with Crippen LogP contribution in [0.5, 0.6) is 0 Å². The summed E-state index contributed by atoms with van der Waals surface area (Å²) >= 11 is 3.44. The minimum atomic E-state index is 0.144. The fourth-order valence-corrected chi connectivity index (χ4v) is 2.86. The van der Waals surface area contributed by atoms with Crippen LogP contribution in [-0.4, -0.2) is 23.9 Å². The van der Waals surface area contributed by atoms with Gasteiger partial charge in [0.05, 0.1) is 5.56 Å². The van der Waals surface area contributed by atoms with E-state index in [-0.39, 0.29) is 11.3 Å². The van der Waals surface area contributed by atoms with Gasteiger partial charge in [0, 0.05) is 17.6 Å². The van der Waals surface area contributed by atoms with E-state index in [2.05, 4.69) is 29.8 Å². The van der Waals surface area contributed by atoms with Crippen molar-refractivity contribution in [3.63, 3.8) is 0 Å². The van der Waals surface area contributed by atoms with Crippen molar-refractivity contribution >= 4 is 21.8 Å². The Morgan fingerprint density at radius 2 is 2.06 bits per heavy atom. The van der Waals surface area contributed by atoms with Gasteiger partial charge in [-0.15, -0.1) is 0 Å². The maximum absolute atomic E-state index is 12.4. The summed E-state index contributed by atoms with van der Waals surface area (Å²) in [6, 6.07) is 7.64. The lowest BCUT2D eigenvalue weighted by molar-refractivity contribution is 0.0582. The summed E-state index contributed by atoms with van der Waals surface area (Å²) in [6.07, 6.45) is 2.30. The Morgan fingerprint density at radius 1 is 1.35 bits per heavy atom. The number of piperidine rings is 1. The number of rotatable bonds is 1. The number of hydrogen-bond acceptors (Lipinski definition) is 1. The number of nitrogens with zero attached hydrogens (tertiary/aromatic N) is 1. The van der Waals surface area contributed by atoms with E-state index >= 15 is 0 Å². The van der Waals surface area contributed by atoms with Crippen LogP contribution in [0.2, 0.25) is 0 Å². The molecule has 1 aliphatic heterocycles. The number of benzene rings is 1. The van der Waals surface area contributed by atoms with Crippen molar-refractivity contribution < 1.29 is 4.79 Å². The molecule has 1 amide bonds. The molecule has 1 aromatic carbocycles. The Balaban J connectivity index is 2.18. The van der Waals surface area contributed by atoms with Crippen LogP contribution in [0.1, 0.15) is 37.0 Å². The maximum atomic E-state index is 12.4. The fraction of sp³-hybridized carbons (Fsp3) is 0.500. The summed E-state index contributed by atoms with van der Waals surface area (Å²) in [5.74, 6) is 0.144. The van der Waals surface area contributed by atoms with Crippen LogP contribution in [0, 0.1) is 5.41 Å². The first-order chi connectivity index (χ1) is 7.99. The zero-order valence-electron chi connectivity index (χ0n) is 10.4. The lowest BCUT2D eigenvalue weighted by atomic mass is 9.84. The van der Waals surface area contributed by atoms with Gasteiger partial charge in [0.15, 0.2) is 0 Å². The molecular weight excluding hydrogens is 278 g/mol. The Kier molecular flexibility index (Phi) is 3.57. The van der Waals surface area contributed by atoms with Gasteiger partial charge >= 0.3 is 0 Å². The summed E-state index contributed by atoms with van der Waals surface area (Å²) in [5, 5.41) is 0. The predicted molar refractivity (Wildman–Crippen MR) is 73.1 cm³/mol. The molecule has 1 heterocycles. The molecule has 3 heteroatoms. The molecule has 0 N–H and O–H groups in total. The zero-order valence-corrected chi connectivity index (χ0v) is 12.0. The molecule has 0 spiro atoms. The summed E-state index contributed by atoms with van der Waals surface area (Å²) in [5.41, 5.74) is 1.01. The molecule has 92 valence electrons. The molecule has 0 saturated carbocycles. The van der Waals surface area contributed by atoms with Crippen LogP contribution in [0.25, 0.3) is 0 Å². The second-order valence-electron chi connectivity index (χ2n) is 5.47. The van der Waals surface area contributed by atoms with Gasteiger partial charge in [-0.1, -0.05) is 26.0 Å². The molecule has 0 aliphatic carbocycles. The number of likely N-dealkylation sites (tertiary alicyclic amines) is 1. The van der Waals surface area contributed by atoms with Crippen molar-refractivity contribution in [1.29, 1.82) is 0 Å². The van der Waals surface area contributed by atoms with Gasteiger partial charge in [-0.05, 0) is 46.3 Å². The Labute approximate surface area is 111 Å². The lowest BCUT2D eigenvalue weighted by Gasteiger charge is -2.38. The maximum Gasteiger partial charge on any atom is 0.255 e. The van der Waals surface area contributed by atoms with Crippen molar-refractivity contribution in [3.05, 3.63) is 34.3 Å². The third-order valence-electron chi connectivity index (χ3n) is 3.29. The van der Waals surface area contributed by atoms with Crippen LogP contribution in [0.4, 0.5) is 0 Å². The van der Waals surface area contributed by atoms with E-state index in [1.54, 1.807) is 0 Å². The lowest BCUT2D eigenvalue weighted by Crippen LogP contribution is -2.43. The van der Waals surface area contributed by atoms with Gasteiger partial charge < -0.3 is 4.90 Å². The predicted octanol–water partition coefficient (Wildman–Crippen LogP) is 3.71. The number of carbonyl (C=O) groups excluding carboxylic acids is 1. The molecule has 0 unspecified atom stereocenters. The first kappa shape index (κ1) is 12.6. The molecular formula is C14H18BrNO. The number of carbonyl (C=O) groups is 1. The topological polar surface area (TPSA) is 20.3 Å². The highest BCUT2D eigenvalue weighted by atomic mass is 79.9. The average molecular weight is 296 g/mol. The minimum absolute atomic E-state index is 0.144. The molecule has 1 saturated heterocycles. The van der Waals surface area contributed by atoms with Crippen LogP contribution in [0.15, 0.2) is 28.7 Å². The van der Waals surface area contributed by atoms with Crippen LogP contribution >= 0.6 is 15.9 Å². The van der Waals surface area contributed by atoms with E-state index in [1.165, 1.54) is 6.42 Å². The number of halogens is 1. The second kappa shape index (κ2) is 4.81. The Morgan fingerprint density at radius 3 is 2.71 bits per heavy atom. The molecule has 17 heavy (non-hydrogen) atoms. The van der Waals surface area contributed by atoms with E-state index in [0.717, 1.165) is 29.5 Å². The van der Waals surface area contributed by atoms with Crippen LogP contribution in [0.3, 0.4) is 0 Å². The third-order valence-corrected chi connectivity index (χ3v) is 3.98. The van der Waals surface area contributed by atoms with Gasteiger partial charge in [0.25, 0.3) is 5.91 Å². The zero-order chi connectivity index (χ0) is 12.5. The van der Waals surface area contributed by atoms with Gasteiger partial charge in [0.1, 0.15) is 0 Å². The molecule has 0 aromatic heterocycles. The quantitative estimate of drug-likeness (QED) is 0.773. The van der Waals surface area contributed by atoms with E-state index in [0.29, 0.717) is 0 Å². The average Bonchev–Trinajstić information content (AvgIpc) is 2.27. The normalized spacial score (nSPS) is 19.1. The smallest absolute Gasteiger partial charge is 0.255 e. The SMILES string of the molecule is CC1(C)CCCN(C(=O)c2ccccc2Br)C1. The first-order valence-electron chi connectivity index (χ1n) is 6.03. The summed E-state index contributed by atoms with van der Waals surface area (Å²) in [6.45, 7) is 6.19. The van der Waals surface area contributed by atoms with E-state index < -0.39 is 0 Å². The second-order valence-corrected chi connectivity index (χ2v) is 6.33. The first-order valence-corrected chi connectivity index (χ1v) is 6.83. The highest BCUT2D eigenvalue weighted by Gasteiger charge is 2.29. The summed E-state index contributed by atoms with van der Waals surface area (Å²) in [7, 11) is 0. The molecule has 1 aliphatic rings. The number of amides is 1. The third kappa shape index (κ3) is 2.89. The molecule has 1 aromatic rings. The highest BCUT2D eigenvalue weighted by Crippen LogP contribution is 2.30. The van der Waals surface area contributed by atoms with Gasteiger partial charge in [-0.2, -0.15) is 0 Å². The Hall–Kier alpha value is -0.830. The fourth-order valence-electron chi connectivity index (χ4n) is 2.40. The molecule has 2 rings (SSSR count). The molecule has 0 bridgehead atoms. The van der Waals surface area contributed by atoms with Crippen LogP contribution < -0.4 is 0 Å². The van der Waals surface area contributed by atoms with Crippen molar-refractivity contribution in [3.8, 4) is 0 Å². The van der Waals surface area contributed by atoms with Crippen LogP contribution in [-0.2, 0) is 0 Å². The monoisotopic (exact) mass is 295 g/mol. The van der Waals surface area contributed by atoms with Crippen molar-refractivity contribution in [2.45, 2.75) is 26.7 Å². The number of hydrogen-bond donors (Lipinski definition) is 0. The van der Waals surface area contributed by atoms with E-state index in [9.17, 15) is 4.79 Å². The Bertz CT molecular complexity index is 428. The van der Waals surface area contributed by atoms with E-state index in [4.69, 9.17) is 0 Å². The minimum Gasteiger partial charge on any atom is -0.338 e. The molecule has 2 nitrogen and oxygen atoms in total. The molecule has 0 radical (unpaired) electrons. The van der Waals surface area contributed by atoms with Crippen molar-refractivity contribution in [1.82, 2.24) is 4.90 Å². The largest absolute Gasteiger partial charge is 0.338 e. The standard InChI is InChI=1S/C14H18BrNO/c1-14(2)8-5-9-16(10-14)13(17)11-6-3-4-7-12(11)15/h3-4,6-7H,5,8-10H2,1-2H3. The highest BCUT2D eigenvalue weighted by molar-refractivity contribution is 9.10. The van der Waals surface area contributed by atoms with Gasteiger partial charge in [-0.3, -0.25) is 4.79 Å².